The molecule has 1 aromatic carbocycles. The Labute approximate surface area is 124 Å². The first-order valence-corrected chi connectivity index (χ1v) is 7.34. The lowest BCUT2D eigenvalue weighted by Gasteiger charge is -2.26. The fourth-order valence-corrected chi connectivity index (χ4v) is 2.95. The van der Waals surface area contributed by atoms with Crippen molar-refractivity contribution in [1.82, 2.24) is 0 Å². The van der Waals surface area contributed by atoms with E-state index in [-0.39, 0.29) is 5.91 Å². The van der Waals surface area contributed by atoms with Crippen LogP contribution >= 0.6 is 12.2 Å². The lowest BCUT2D eigenvalue weighted by molar-refractivity contribution is -0.122. The van der Waals surface area contributed by atoms with Gasteiger partial charge in [-0.05, 0) is 31.9 Å². The second kappa shape index (κ2) is 6.22. The molecule has 1 fully saturated rings. The second-order valence-electron chi connectivity index (χ2n) is 5.04. The summed E-state index contributed by atoms with van der Waals surface area (Å²) >= 11 is 5.13. The molecule has 0 radical (unpaired) electrons. The predicted molar refractivity (Wildman–Crippen MR) is 83.9 cm³/mol. The van der Waals surface area contributed by atoms with Crippen LogP contribution in [0.2, 0.25) is 0 Å². The van der Waals surface area contributed by atoms with Gasteiger partial charge in [-0.3, -0.25) is 4.79 Å². The van der Waals surface area contributed by atoms with E-state index in [1.165, 1.54) is 0 Å². The highest BCUT2D eigenvalue weighted by atomic mass is 32.1. The topological polar surface area (TPSA) is 64.3 Å². The number of carbonyl (C=O) groups is 1. The molecule has 0 saturated heterocycles. The number of anilines is 1. The Morgan fingerprint density at radius 1 is 1.40 bits per heavy atom. The third-order valence-electron chi connectivity index (χ3n) is 3.80. The van der Waals surface area contributed by atoms with Crippen molar-refractivity contribution < 1.29 is 9.53 Å². The van der Waals surface area contributed by atoms with Crippen LogP contribution in [0, 0.1) is 5.41 Å². The smallest absolute Gasteiger partial charge is 0.237 e. The van der Waals surface area contributed by atoms with Gasteiger partial charge in [-0.15, -0.1) is 0 Å². The number of benzene rings is 1. The summed E-state index contributed by atoms with van der Waals surface area (Å²) in [4.78, 5) is 12.9. The summed E-state index contributed by atoms with van der Waals surface area (Å²) in [5, 5.41) is 2.93. The monoisotopic (exact) mass is 292 g/mol. The van der Waals surface area contributed by atoms with Gasteiger partial charge in [0, 0.05) is 0 Å². The number of hydrogen-bond acceptors (Lipinski definition) is 3. The summed E-state index contributed by atoms with van der Waals surface area (Å²) in [6.07, 6.45) is 3.42. The van der Waals surface area contributed by atoms with Crippen molar-refractivity contribution in [2.45, 2.75) is 32.6 Å². The lowest BCUT2D eigenvalue weighted by Crippen LogP contribution is -2.44. The Kier molecular flexibility index (Phi) is 4.60. The molecule has 0 spiro atoms. The van der Waals surface area contributed by atoms with Gasteiger partial charge in [0.2, 0.25) is 5.91 Å². The molecule has 1 aliphatic rings. The molecule has 2 rings (SSSR count). The minimum atomic E-state index is -0.700. The van der Waals surface area contributed by atoms with Gasteiger partial charge in [-0.25, -0.2) is 0 Å². The number of nitrogens with two attached hydrogens (primary N) is 1. The number of thiocarbonyl (C=S) groups is 1. The number of para-hydroxylation sites is 2. The summed E-state index contributed by atoms with van der Waals surface area (Å²) < 4.78 is 5.52. The van der Waals surface area contributed by atoms with Gasteiger partial charge in [-0.2, -0.15) is 0 Å². The van der Waals surface area contributed by atoms with Crippen LogP contribution in [-0.4, -0.2) is 17.5 Å². The van der Waals surface area contributed by atoms with Crippen LogP contribution in [0.15, 0.2) is 24.3 Å². The van der Waals surface area contributed by atoms with E-state index in [4.69, 9.17) is 22.7 Å². The molecular weight excluding hydrogens is 272 g/mol. The molecule has 4 nitrogen and oxygen atoms in total. The van der Waals surface area contributed by atoms with Gasteiger partial charge in [0.1, 0.15) is 5.75 Å². The van der Waals surface area contributed by atoms with Crippen molar-refractivity contribution in [3.8, 4) is 5.75 Å². The van der Waals surface area contributed by atoms with Crippen molar-refractivity contribution in [2.24, 2.45) is 11.1 Å². The van der Waals surface area contributed by atoms with Gasteiger partial charge in [-0.1, -0.05) is 37.2 Å². The van der Waals surface area contributed by atoms with Gasteiger partial charge < -0.3 is 15.8 Å². The highest BCUT2D eigenvalue weighted by Gasteiger charge is 2.44. The summed E-state index contributed by atoms with van der Waals surface area (Å²) in [7, 11) is 0. The summed E-state index contributed by atoms with van der Waals surface area (Å²) in [6, 6.07) is 7.39. The predicted octanol–water partition coefficient (Wildman–Crippen LogP) is 2.87. The number of hydrogen-bond donors (Lipinski definition) is 2. The fourth-order valence-electron chi connectivity index (χ4n) is 2.66. The van der Waals surface area contributed by atoms with Crippen LogP contribution in [0.5, 0.6) is 5.75 Å². The number of nitrogens with one attached hydrogen (secondary N) is 1. The SMILES string of the molecule is CCOc1ccccc1NC(=O)C1(C(N)=S)CCCC1. The third kappa shape index (κ3) is 2.77. The lowest BCUT2D eigenvalue weighted by atomic mass is 9.85. The molecule has 20 heavy (non-hydrogen) atoms. The Balaban J connectivity index is 2.21. The number of ether oxygens (including phenoxy) is 1. The van der Waals surface area contributed by atoms with Crippen molar-refractivity contribution >= 4 is 28.8 Å². The van der Waals surface area contributed by atoms with Crippen molar-refractivity contribution in [3.05, 3.63) is 24.3 Å². The molecule has 5 heteroatoms. The standard InChI is InChI=1S/C15H20N2O2S/c1-2-19-12-8-4-3-7-11(12)17-14(18)15(13(16)20)9-5-6-10-15/h3-4,7-8H,2,5-6,9-10H2,1H3,(H2,16,20)(H,17,18). The molecule has 108 valence electrons. The molecule has 0 heterocycles. The number of amides is 1. The number of carbonyl (C=O) groups excluding carboxylic acids is 1. The van der Waals surface area contributed by atoms with Gasteiger partial charge in [0.15, 0.2) is 0 Å². The van der Waals surface area contributed by atoms with E-state index in [0.29, 0.717) is 23.0 Å². The van der Waals surface area contributed by atoms with Crippen LogP contribution < -0.4 is 15.8 Å². The zero-order valence-corrected chi connectivity index (χ0v) is 12.5. The third-order valence-corrected chi connectivity index (χ3v) is 4.19. The summed E-state index contributed by atoms with van der Waals surface area (Å²) in [5.74, 6) is 0.550. The van der Waals surface area contributed by atoms with E-state index in [0.717, 1.165) is 25.7 Å². The normalized spacial score (nSPS) is 16.6. The van der Waals surface area contributed by atoms with E-state index in [9.17, 15) is 4.79 Å². The maximum absolute atomic E-state index is 12.6. The molecule has 1 amide bonds. The molecule has 0 bridgehead atoms. The molecule has 3 N–H and O–H groups in total. The maximum atomic E-state index is 12.6. The highest BCUT2D eigenvalue weighted by molar-refractivity contribution is 7.80. The molecule has 0 unspecified atom stereocenters. The Hall–Kier alpha value is -1.62. The number of rotatable bonds is 5. The molecule has 1 aliphatic carbocycles. The molecular formula is C15H20N2O2S. The maximum Gasteiger partial charge on any atom is 0.237 e. The Morgan fingerprint density at radius 3 is 2.65 bits per heavy atom. The zero-order chi connectivity index (χ0) is 14.6. The summed E-state index contributed by atoms with van der Waals surface area (Å²) in [5.41, 5.74) is 5.79. The van der Waals surface area contributed by atoms with E-state index in [1.54, 1.807) is 0 Å². The second-order valence-corrected chi connectivity index (χ2v) is 5.48. The fraction of sp³-hybridized carbons (Fsp3) is 0.467. The zero-order valence-electron chi connectivity index (χ0n) is 11.6. The van der Waals surface area contributed by atoms with E-state index in [1.807, 2.05) is 31.2 Å². The van der Waals surface area contributed by atoms with E-state index in [2.05, 4.69) is 5.32 Å². The van der Waals surface area contributed by atoms with Crippen LogP contribution in [-0.2, 0) is 4.79 Å². The highest BCUT2D eigenvalue weighted by Crippen LogP contribution is 2.40. The Bertz CT molecular complexity index is 510. The summed E-state index contributed by atoms with van der Waals surface area (Å²) in [6.45, 7) is 2.46. The van der Waals surface area contributed by atoms with Crippen molar-refractivity contribution in [1.29, 1.82) is 0 Å². The molecule has 0 aliphatic heterocycles. The van der Waals surface area contributed by atoms with Gasteiger partial charge in [0.25, 0.3) is 0 Å². The average Bonchev–Trinajstić information content (AvgIpc) is 2.92. The van der Waals surface area contributed by atoms with Gasteiger partial charge >= 0.3 is 0 Å². The van der Waals surface area contributed by atoms with E-state index >= 15 is 0 Å². The van der Waals surface area contributed by atoms with E-state index < -0.39 is 5.41 Å². The largest absolute Gasteiger partial charge is 0.492 e. The van der Waals surface area contributed by atoms with Crippen LogP contribution in [0.3, 0.4) is 0 Å². The molecule has 0 atom stereocenters. The van der Waals surface area contributed by atoms with Gasteiger partial charge in [0.05, 0.1) is 22.7 Å². The molecule has 1 aromatic rings. The quantitative estimate of drug-likeness (QED) is 0.819. The first kappa shape index (κ1) is 14.8. The first-order chi connectivity index (χ1) is 9.60. The molecule has 0 aromatic heterocycles. The minimum absolute atomic E-state index is 0.116. The molecule has 1 saturated carbocycles. The van der Waals surface area contributed by atoms with Crippen molar-refractivity contribution in [2.75, 3.05) is 11.9 Å². The van der Waals surface area contributed by atoms with Crippen molar-refractivity contribution in [3.63, 3.8) is 0 Å². The van der Waals surface area contributed by atoms with Crippen LogP contribution in [0.1, 0.15) is 32.6 Å². The Morgan fingerprint density at radius 2 is 2.05 bits per heavy atom. The van der Waals surface area contributed by atoms with Crippen LogP contribution in [0.25, 0.3) is 0 Å². The first-order valence-electron chi connectivity index (χ1n) is 6.93. The average molecular weight is 292 g/mol. The minimum Gasteiger partial charge on any atom is -0.492 e. The van der Waals surface area contributed by atoms with Crippen LogP contribution in [0.4, 0.5) is 5.69 Å².